The van der Waals surface area contributed by atoms with Gasteiger partial charge in [-0.3, -0.25) is 9.97 Å². The number of pyridine rings is 2. The topological polar surface area (TPSA) is 94.1 Å². The van der Waals surface area contributed by atoms with Crippen molar-refractivity contribution < 1.29 is 48.9 Å². The molecule has 1 aromatic carbocycles. The molecule has 198 valence electrons. The van der Waals surface area contributed by atoms with Crippen LogP contribution in [0.25, 0.3) is 11.4 Å². The molecule has 0 unspecified atom stereocenters. The first kappa shape index (κ1) is 40.6. The second kappa shape index (κ2) is 28.7. The Morgan fingerprint density at radius 3 is 1.39 bits per heavy atom. The Hall–Kier alpha value is -2.52. The number of aromatic nitrogens is 2. The number of nitrogens with zero attached hydrogens (tertiary/aromatic N) is 2. The molecule has 0 atom stereocenters. The van der Waals surface area contributed by atoms with Gasteiger partial charge in [-0.1, -0.05) is 57.0 Å². The summed E-state index contributed by atoms with van der Waals surface area (Å²) in [6.07, 6.45) is 8.72. The van der Waals surface area contributed by atoms with Crippen molar-refractivity contribution in [2.45, 2.75) is 53.4 Å². The van der Waals surface area contributed by atoms with E-state index in [0.29, 0.717) is 0 Å². The van der Waals surface area contributed by atoms with Gasteiger partial charge >= 0.3 is 39.3 Å². The molecule has 36 heavy (non-hydrogen) atoms. The first-order valence-electron chi connectivity index (χ1n) is 10.6. The molecule has 0 spiro atoms. The van der Waals surface area contributed by atoms with Gasteiger partial charge in [0, 0.05) is 12.4 Å². The molecule has 2 heterocycles. The maximum absolute atomic E-state index is 8.12. The van der Waals surface area contributed by atoms with Crippen molar-refractivity contribution in [3.63, 3.8) is 0 Å². The molecule has 0 amide bonds. The van der Waals surface area contributed by atoms with Crippen molar-refractivity contribution in [3.8, 4) is 11.4 Å². The number of hydrogen-bond donors (Lipinski definition) is 0. The molecule has 0 aliphatic heterocycles. The summed E-state index contributed by atoms with van der Waals surface area (Å²) in [6.45, 7) is 8.62. The third-order valence-electron chi connectivity index (χ3n) is 4.39. The van der Waals surface area contributed by atoms with Crippen LogP contribution >= 0.6 is 9.69 Å². The molecular weight excluding hydrogens is 588 g/mol. The predicted octanol–water partition coefficient (Wildman–Crippen LogP) is 3.19. The van der Waals surface area contributed by atoms with E-state index in [1.165, 1.54) is 35.1 Å². The number of benzene rings is 1. The Labute approximate surface area is 235 Å². The fourth-order valence-electron chi connectivity index (χ4n) is 2.71. The van der Waals surface area contributed by atoms with Crippen molar-refractivity contribution in [1.82, 2.24) is 9.97 Å². The standard InChI is InChI=1S/C14H16N2.C10H14.2CO2.CH3.2ClH.Ru/c1-3-11-5-7-15-13(9-11)14-10-12(4-2)6-8-16-14;1-3-4-10-7-5-9(2)6-8-10;2*2-1-3;;;;/h5-10H,3-4H2,1-2H3;5-8H,3-4H2,1-2H3;;;1H3;2*1H;/q;;;;-1;;;+2/p-2. The Balaban J connectivity index is -0.000000222. The zero-order valence-corrected chi connectivity index (χ0v) is 24.5. The molecule has 0 fully saturated rings. The van der Waals surface area contributed by atoms with Gasteiger partial charge in [0.25, 0.3) is 0 Å². The molecule has 0 N–H and O–H groups in total. The summed E-state index contributed by atoms with van der Waals surface area (Å²) in [7, 11) is 4.57. The number of halogens is 2. The maximum atomic E-state index is 8.12. The average Bonchev–Trinajstić information content (AvgIpc) is 2.88. The van der Waals surface area contributed by atoms with E-state index >= 15 is 0 Å². The third-order valence-corrected chi connectivity index (χ3v) is 4.39. The Morgan fingerprint density at radius 2 is 1.08 bits per heavy atom. The van der Waals surface area contributed by atoms with E-state index < -0.39 is 0 Å². The summed E-state index contributed by atoms with van der Waals surface area (Å²) in [5.41, 5.74) is 7.33. The average molecular weight is 622 g/mol. The molecular formula is C27H33Cl2N2O4Ru-. The first-order chi connectivity index (χ1) is 16.5. The second-order valence-electron chi connectivity index (χ2n) is 6.71. The van der Waals surface area contributed by atoms with Crippen LogP contribution in [0, 0.1) is 14.4 Å². The number of carbonyl (C=O) groups excluding carboxylic acids is 4. The Bertz CT molecular complexity index is 934. The summed E-state index contributed by atoms with van der Waals surface area (Å²) >= 11 is 1.82. The van der Waals surface area contributed by atoms with Gasteiger partial charge in [0.1, 0.15) is 0 Å². The van der Waals surface area contributed by atoms with Gasteiger partial charge < -0.3 is 19.8 Å². The van der Waals surface area contributed by atoms with E-state index in [1.54, 1.807) is 0 Å². The van der Waals surface area contributed by atoms with Crippen LogP contribution in [-0.4, -0.2) is 22.3 Å². The molecule has 2 aromatic heterocycles. The van der Waals surface area contributed by atoms with Gasteiger partial charge in [0.05, 0.1) is 11.4 Å². The summed E-state index contributed by atoms with van der Waals surface area (Å²) in [4.78, 5) is 41.2. The van der Waals surface area contributed by atoms with Crippen LogP contribution in [0.3, 0.4) is 0 Å². The van der Waals surface area contributed by atoms with Gasteiger partial charge in [-0.15, -0.1) is 0 Å². The molecule has 6 nitrogen and oxygen atoms in total. The fraction of sp³-hybridized carbons (Fsp3) is 0.296. The SMILES string of the molecule is CCCc1ccc(C)cc1.CCc1ccnc(-c2cc(CC)ccn2)c1.O=C=O.O=C=O.[CH3-].[Cl-].[Cl][Ru+]. The van der Waals surface area contributed by atoms with Crippen molar-refractivity contribution in [1.29, 1.82) is 0 Å². The molecule has 0 saturated carbocycles. The van der Waals surface area contributed by atoms with Crippen LogP contribution in [0.15, 0.2) is 60.9 Å². The van der Waals surface area contributed by atoms with E-state index in [2.05, 4.69) is 83.8 Å². The molecule has 9 heteroatoms. The van der Waals surface area contributed by atoms with E-state index in [1.807, 2.05) is 41.8 Å². The molecule has 0 aliphatic carbocycles. The van der Waals surface area contributed by atoms with Crippen LogP contribution in [0.1, 0.15) is 49.4 Å². The van der Waals surface area contributed by atoms with Gasteiger partial charge in [-0.2, -0.15) is 19.2 Å². The minimum absolute atomic E-state index is 0. The summed E-state index contributed by atoms with van der Waals surface area (Å²) in [5.74, 6) is 0. The van der Waals surface area contributed by atoms with Gasteiger partial charge in [0.2, 0.25) is 0 Å². The summed E-state index contributed by atoms with van der Waals surface area (Å²) < 4.78 is 0. The zero-order chi connectivity index (χ0) is 26.2. The molecule has 3 aromatic rings. The van der Waals surface area contributed by atoms with Crippen molar-refractivity contribution in [3.05, 3.63) is 90.6 Å². The Morgan fingerprint density at radius 1 is 0.722 bits per heavy atom. The first-order valence-corrected chi connectivity index (χ1v) is 12.8. The quantitative estimate of drug-likeness (QED) is 0.321. The van der Waals surface area contributed by atoms with Crippen LogP contribution in [0.5, 0.6) is 0 Å². The van der Waals surface area contributed by atoms with E-state index in [4.69, 9.17) is 19.2 Å². The van der Waals surface area contributed by atoms with Crippen LogP contribution in [-0.2, 0) is 55.8 Å². The summed E-state index contributed by atoms with van der Waals surface area (Å²) in [6, 6.07) is 17.1. The molecule has 0 saturated heterocycles. The predicted molar refractivity (Wildman–Crippen MR) is 134 cm³/mol. The number of aryl methyl sites for hydroxylation is 4. The molecule has 0 radical (unpaired) electrons. The number of hydrogen-bond acceptors (Lipinski definition) is 6. The third kappa shape index (κ3) is 19.8. The van der Waals surface area contributed by atoms with Gasteiger partial charge in [0.15, 0.2) is 0 Å². The van der Waals surface area contributed by atoms with Crippen LogP contribution in [0.2, 0.25) is 0 Å². The van der Waals surface area contributed by atoms with Crippen LogP contribution < -0.4 is 12.4 Å². The molecule has 0 bridgehead atoms. The number of rotatable bonds is 5. The van der Waals surface area contributed by atoms with Crippen molar-refractivity contribution in [2.24, 2.45) is 0 Å². The fourth-order valence-corrected chi connectivity index (χ4v) is 2.71. The van der Waals surface area contributed by atoms with E-state index in [-0.39, 0.29) is 32.1 Å². The minimum atomic E-state index is 0. The van der Waals surface area contributed by atoms with E-state index in [0.717, 1.165) is 24.2 Å². The zero-order valence-electron chi connectivity index (χ0n) is 21.2. The summed E-state index contributed by atoms with van der Waals surface area (Å²) in [5, 5.41) is 0. The normalized spacial score (nSPS) is 7.94. The van der Waals surface area contributed by atoms with Crippen molar-refractivity contribution in [2.75, 3.05) is 0 Å². The van der Waals surface area contributed by atoms with Gasteiger partial charge in [-0.05, 0) is 67.1 Å². The van der Waals surface area contributed by atoms with Crippen LogP contribution in [0.4, 0.5) is 0 Å². The van der Waals surface area contributed by atoms with Crippen molar-refractivity contribution >= 4 is 22.0 Å². The molecule has 0 aliphatic rings. The Kier molecular flexibility index (Phi) is 32.4. The second-order valence-corrected chi connectivity index (χ2v) is 6.71. The monoisotopic (exact) mass is 621 g/mol. The molecule has 3 rings (SSSR count). The van der Waals surface area contributed by atoms with E-state index in [9.17, 15) is 0 Å². The van der Waals surface area contributed by atoms with Gasteiger partial charge in [-0.25, -0.2) is 0 Å².